The predicted octanol–water partition coefficient (Wildman–Crippen LogP) is 2.60. The quantitative estimate of drug-likeness (QED) is 0.779. The molecule has 7 heteroatoms. The zero-order valence-corrected chi connectivity index (χ0v) is 12.8. The van der Waals surface area contributed by atoms with Gasteiger partial charge in [0.05, 0.1) is 5.69 Å². The van der Waals surface area contributed by atoms with Gasteiger partial charge in [-0.15, -0.1) is 5.10 Å². The van der Waals surface area contributed by atoms with E-state index in [1.807, 2.05) is 39.2 Å². The first kappa shape index (κ1) is 14.2. The van der Waals surface area contributed by atoms with Crippen molar-refractivity contribution in [1.82, 2.24) is 25.0 Å². The van der Waals surface area contributed by atoms with Gasteiger partial charge in [-0.3, -0.25) is 9.67 Å². The zero-order chi connectivity index (χ0) is 15.5. The molecule has 0 radical (unpaired) electrons. The number of anilines is 1. The van der Waals surface area contributed by atoms with E-state index in [0.717, 1.165) is 16.8 Å². The van der Waals surface area contributed by atoms with Crippen molar-refractivity contribution in [1.29, 1.82) is 0 Å². The average molecular weight is 298 g/mol. The molecule has 114 valence electrons. The summed E-state index contributed by atoms with van der Waals surface area (Å²) >= 11 is 0. The summed E-state index contributed by atoms with van der Waals surface area (Å²) in [6.07, 6.45) is 5.49. The molecule has 3 aromatic rings. The van der Waals surface area contributed by atoms with E-state index in [9.17, 15) is 0 Å². The summed E-state index contributed by atoms with van der Waals surface area (Å²) in [5.41, 5.74) is 3.00. The van der Waals surface area contributed by atoms with Crippen molar-refractivity contribution < 1.29 is 4.42 Å². The minimum absolute atomic E-state index is 0.217. The van der Waals surface area contributed by atoms with E-state index in [1.54, 1.807) is 17.1 Å². The third-order valence-corrected chi connectivity index (χ3v) is 3.22. The van der Waals surface area contributed by atoms with Gasteiger partial charge in [-0.05, 0) is 12.1 Å². The predicted molar refractivity (Wildman–Crippen MR) is 82.2 cm³/mol. The van der Waals surface area contributed by atoms with E-state index >= 15 is 0 Å². The normalized spacial score (nSPS) is 11.1. The highest BCUT2D eigenvalue weighted by Gasteiger charge is 2.12. The highest BCUT2D eigenvalue weighted by atomic mass is 16.4. The molecule has 0 bridgehead atoms. The fourth-order valence-electron chi connectivity index (χ4n) is 2.13. The number of aryl methyl sites for hydroxylation is 1. The Kier molecular flexibility index (Phi) is 3.86. The van der Waals surface area contributed by atoms with E-state index in [-0.39, 0.29) is 5.92 Å². The Morgan fingerprint density at radius 3 is 2.68 bits per heavy atom. The van der Waals surface area contributed by atoms with Gasteiger partial charge in [0.1, 0.15) is 0 Å². The molecule has 0 aliphatic rings. The van der Waals surface area contributed by atoms with Crippen LogP contribution in [0.15, 0.2) is 35.1 Å². The Bertz CT molecular complexity index is 746. The SMILES string of the molecule is CC(C)c1nnc(NCc2cn(C)nc2-c2ccncc2)o1. The molecule has 0 unspecified atom stereocenters. The van der Waals surface area contributed by atoms with Gasteiger partial charge in [-0.2, -0.15) is 5.10 Å². The highest BCUT2D eigenvalue weighted by Crippen LogP contribution is 2.22. The van der Waals surface area contributed by atoms with Crippen LogP contribution in [0.3, 0.4) is 0 Å². The summed E-state index contributed by atoms with van der Waals surface area (Å²) < 4.78 is 7.34. The third kappa shape index (κ3) is 2.98. The third-order valence-electron chi connectivity index (χ3n) is 3.22. The first-order valence-corrected chi connectivity index (χ1v) is 7.13. The lowest BCUT2D eigenvalue weighted by Crippen LogP contribution is -2.00. The number of hydrogen-bond donors (Lipinski definition) is 1. The molecule has 0 fully saturated rings. The Morgan fingerprint density at radius 1 is 1.23 bits per heavy atom. The molecule has 0 saturated heterocycles. The van der Waals surface area contributed by atoms with Crippen molar-refractivity contribution >= 4 is 6.01 Å². The summed E-state index contributed by atoms with van der Waals surface area (Å²) in [6, 6.07) is 4.30. The highest BCUT2D eigenvalue weighted by molar-refractivity contribution is 5.62. The van der Waals surface area contributed by atoms with Crippen molar-refractivity contribution in [3.05, 3.63) is 42.2 Å². The van der Waals surface area contributed by atoms with Crippen LogP contribution in [0.25, 0.3) is 11.3 Å². The van der Waals surface area contributed by atoms with Crippen LogP contribution in [0, 0.1) is 0 Å². The lowest BCUT2D eigenvalue weighted by Gasteiger charge is -2.02. The summed E-state index contributed by atoms with van der Waals surface area (Å²) in [4.78, 5) is 4.04. The number of pyridine rings is 1. The Balaban J connectivity index is 1.78. The second kappa shape index (κ2) is 5.97. The maximum Gasteiger partial charge on any atom is 0.315 e. The number of rotatable bonds is 5. The lowest BCUT2D eigenvalue weighted by molar-refractivity contribution is 0.480. The Labute approximate surface area is 128 Å². The van der Waals surface area contributed by atoms with E-state index in [4.69, 9.17) is 4.42 Å². The minimum atomic E-state index is 0.217. The van der Waals surface area contributed by atoms with Gasteiger partial charge in [0.15, 0.2) is 0 Å². The van der Waals surface area contributed by atoms with Gasteiger partial charge in [-0.25, -0.2) is 0 Å². The molecule has 22 heavy (non-hydrogen) atoms. The molecule has 1 N–H and O–H groups in total. The summed E-state index contributed by atoms with van der Waals surface area (Å²) in [5.74, 6) is 0.844. The van der Waals surface area contributed by atoms with E-state index in [1.165, 1.54) is 0 Å². The van der Waals surface area contributed by atoms with Crippen LogP contribution in [0.1, 0.15) is 31.2 Å². The Hall–Kier alpha value is -2.70. The monoisotopic (exact) mass is 298 g/mol. The molecule has 3 rings (SSSR count). The van der Waals surface area contributed by atoms with Crippen LogP contribution in [-0.4, -0.2) is 25.0 Å². The van der Waals surface area contributed by atoms with Crippen LogP contribution in [0.5, 0.6) is 0 Å². The van der Waals surface area contributed by atoms with Crippen molar-refractivity contribution in [3.8, 4) is 11.3 Å². The van der Waals surface area contributed by atoms with Crippen molar-refractivity contribution in [3.63, 3.8) is 0 Å². The molecule has 3 aromatic heterocycles. The van der Waals surface area contributed by atoms with Gasteiger partial charge >= 0.3 is 6.01 Å². The van der Waals surface area contributed by atoms with Gasteiger partial charge in [0.2, 0.25) is 5.89 Å². The number of nitrogens with zero attached hydrogens (tertiary/aromatic N) is 5. The first-order valence-electron chi connectivity index (χ1n) is 7.13. The fraction of sp³-hybridized carbons (Fsp3) is 0.333. The molecule has 0 aliphatic carbocycles. The van der Waals surface area contributed by atoms with Gasteiger partial charge < -0.3 is 9.73 Å². The van der Waals surface area contributed by atoms with Crippen LogP contribution in [0.2, 0.25) is 0 Å². The van der Waals surface area contributed by atoms with Crippen LogP contribution < -0.4 is 5.32 Å². The van der Waals surface area contributed by atoms with Crippen LogP contribution >= 0.6 is 0 Å². The molecule has 3 heterocycles. The number of nitrogens with one attached hydrogen (secondary N) is 1. The Morgan fingerprint density at radius 2 is 2.00 bits per heavy atom. The zero-order valence-electron chi connectivity index (χ0n) is 12.8. The standard InChI is InChI=1S/C15H18N6O/c1-10(2)14-18-19-15(22-14)17-8-12-9-21(3)20-13(12)11-4-6-16-7-5-11/h4-7,9-10H,8H2,1-3H3,(H,17,19). The largest absolute Gasteiger partial charge is 0.408 e. The van der Waals surface area contributed by atoms with Crippen molar-refractivity contribution in [2.24, 2.45) is 7.05 Å². The molecule has 0 aromatic carbocycles. The second-order valence-electron chi connectivity index (χ2n) is 5.37. The van der Waals surface area contributed by atoms with Crippen molar-refractivity contribution in [2.45, 2.75) is 26.3 Å². The lowest BCUT2D eigenvalue weighted by atomic mass is 10.1. The molecular weight excluding hydrogens is 280 g/mol. The summed E-state index contributed by atoms with van der Waals surface area (Å²) in [6.45, 7) is 4.59. The van der Waals surface area contributed by atoms with Crippen LogP contribution in [-0.2, 0) is 13.6 Å². The minimum Gasteiger partial charge on any atom is -0.408 e. The molecule has 0 amide bonds. The molecule has 0 atom stereocenters. The van der Waals surface area contributed by atoms with E-state index in [0.29, 0.717) is 18.5 Å². The molecule has 0 saturated carbocycles. The average Bonchev–Trinajstić information content (AvgIpc) is 3.12. The maximum atomic E-state index is 5.55. The molecule has 7 nitrogen and oxygen atoms in total. The van der Waals surface area contributed by atoms with E-state index < -0.39 is 0 Å². The van der Waals surface area contributed by atoms with Gasteiger partial charge in [0.25, 0.3) is 0 Å². The molecule has 0 aliphatic heterocycles. The summed E-state index contributed by atoms with van der Waals surface area (Å²) in [5, 5.41) is 15.7. The topological polar surface area (TPSA) is 81.7 Å². The second-order valence-corrected chi connectivity index (χ2v) is 5.37. The fourth-order valence-corrected chi connectivity index (χ4v) is 2.13. The maximum absolute atomic E-state index is 5.55. The molecule has 0 spiro atoms. The van der Waals surface area contributed by atoms with Gasteiger partial charge in [-0.1, -0.05) is 18.9 Å². The van der Waals surface area contributed by atoms with Crippen molar-refractivity contribution in [2.75, 3.05) is 5.32 Å². The molecular formula is C15H18N6O. The number of hydrogen-bond acceptors (Lipinski definition) is 6. The number of aromatic nitrogens is 5. The first-order chi connectivity index (χ1) is 10.6. The van der Waals surface area contributed by atoms with Gasteiger partial charge in [0, 0.05) is 49.2 Å². The van der Waals surface area contributed by atoms with Crippen LogP contribution in [0.4, 0.5) is 6.01 Å². The summed E-state index contributed by atoms with van der Waals surface area (Å²) in [7, 11) is 1.90. The smallest absolute Gasteiger partial charge is 0.315 e. The van der Waals surface area contributed by atoms with E-state index in [2.05, 4.69) is 25.6 Å².